The van der Waals surface area contributed by atoms with E-state index in [2.05, 4.69) is 24.8 Å². The fourth-order valence-corrected chi connectivity index (χ4v) is 3.36. The van der Waals surface area contributed by atoms with Gasteiger partial charge in [0, 0.05) is 29.9 Å². The predicted octanol–water partition coefficient (Wildman–Crippen LogP) is 3.15. The van der Waals surface area contributed by atoms with Crippen molar-refractivity contribution >= 4 is 30.1 Å². The van der Waals surface area contributed by atoms with Gasteiger partial charge in [-0.3, -0.25) is 4.79 Å². The van der Waals surface area contributed by atoms with Crippen LogP contribution in [0.3, 0.4) is 0 Å². The molecule has 2 fully saturated rings. The third kappa shape index (κ3) is 2.63. The van der Waals surface area contributed by atoms with Crippen molar-refractivity contribution in [3.63, 3.8) is 0 Å². The average molecular weight is 296 g/mol. The molecule has 1 aromatic carbocycles. The quantitative estimate of drug-likeness (QED) is 0.846. The van der Waals surface area contributed by atoms with Gasteiger partial charge in [0.1, 0.15) is 0 Å². The Morgan fingerprint density at radius 3 is 2.53 bits per heavy atom. The minimum Gasteiger partial charge on any atom is -0.341 e. The Labute approximate surface area is 124 Å². The Kier molecular flexibility index (Phi) is 3.52. The molecule has 1 aliphatic heterocycles. The molecule has 1 amide bonds. The lowest BCUT2D eigenvalue weighted by Gasteiger charge is -2.24. The zero-order valence-corrected chi connectivity index (χ0v) is 12.5. The molecule has 3 rings (SSSR count). The van der Waals surface area contributed by atoms with Crippen LogP contribution in [0.1, 0.15) is 24.8 Å². The summed E-state index contributed by atoms with van der Waals surface area (Å²) >= 11 is 10.3. The number of hydrogen-bond donors (Lipinski definition) is 1. The number of carbonyl (C=O) groups excluding carboxylic acids is 1. The standard InChI is InChI=1S/C15H18ClNOS/c16-13-3-1-12(2-4-13)15(5-6-15)10-17-8-11(9-19)7-14(17)18/h1-4,11,19H,5-10H2. The largest absolute Gasteiger partial charge is 0.341 e. The van der Waals surface area contributed by atoms with E-state index in [1.165, 1.54) is 18.4 Å². The van der Waals surface area contributed by atoms with Gasteiger partial charge in [-0.2, -0.15) is 12.6 Å². The molecule has 0 bridgehead atoms. The molecule has 0 N–H and O–H groups in total. The van der Waals surface area contributed by atoms with Crippen molar-refractivity contribution in [1.82, 2.24) is 4.90 Å². The number of halogens is 1. The molecule has 1 saturated carbocycles. The van der Waals surface area contributed by atoms with Gasteiger partial charge in [0.25, 0.3) is 0 Å². The van der Waals surface area contributed by atoms with Gasteiger partial charge in [0.15, 0.2) is 0 Å². The Bertz CT molecular complexity index is 483. The second-order valence-corrected chi connectivity index (χ2v) is 6.62. The highest BCUT2D eigenvalue weighted by molar-refractivity contribution is 7.80. The van der Waals surface area contributed by atoms with E-state index in [0.717, 1.165) is 23.9 Å². The molecule has 102 valence electrons. The fraction of sp³-hybridized carbons (Fsp3) is 0.533. The van der Waals surface area contributed by atoms with Crippen LogP contribution in [-0.4, -0.2) is 29.6 Å². The zero-order valence-electron chi connectivity index (χ0n) is 10.8. The molecule has 0 spiro atoms. The maximum absolute atomic E-state index is 12.0. The van der Waals surface area contributed by atoms with Crippen LogP contribution in [0.5, 0.6) is 0 Å². The molecule has 1 aromatic rings. The summed E-state index contributed by atoms with van der Waals surface area (Å²) in [6.45, 7) is 1.73. The van der Waals surface area contributed by atoms with E-state index in [-0.39, 0.29) is 5.41 Å². The molecule has 2 nitrogen and oxygen atoms in total. The Hall–Kier alpha value is -0.670. The minimum atomic E-state index is 0.186. The van der Waals surface area contributed by atoms with Crippen LogP contribution in [0.15, 0.2) is 24.3 Å². The monoisotopic (exact) mass is 295 g/mol. The molecular formula is C15H18ClNOS. The summed E-state index contributed by atoms with van der Waals surface area (Å²) in [6, 6.07) is 8.09. The van der Waals surface area contributed by atoms with Gasteiger partial charge in [-0.05, 0) is 42.2 Å². The van der Waals surface area contributed by atoms with Crippen LogP contribution in [0, 0.1) is 5.92 Å². The molecule has 0 radical (unpaired) electrons. The number of likely N-dealkylation sites (tertiary alicyclic amines) is 1. The summed E-state index contributed by atoms with van der Waals surface area (Å²) in [6.07, 6.45) is 3.01. The molecular weight excluding hydrogens is 278 g/mol. The number of thiol groups is 1. The van der Waals surface area contributed by atoms with Crippen LogP contribution in [0.25, 0.3) is 0 Å². The van der Waals surface area contributed by atoms with Crippen LogP contribution in [-0.2, 0) is 10.2 Å². The van der Waals surface area contributed by atoms with E-state index < -0.39 is 0 Å². The third-order valence-electron chi connectivity index (χ3n) is 4.36. The smallest absolute Gasteiger partial charge is 0.222 e. The van der Waals surface area contributed by atoms with Crippen molar-refractivity contribution in [2.24, 2.45) is 5.92 Å². The lowest BCUT2D eigenvalue weighted by molar-refractivity contribution is -0.128. The number of hydrogen-bond acceptors (Lipinski definition) is 2. The van der Waals surface area contributed by atoms with Gasteiger partial charge in [-0.15, -0.1) is 0 Å². The summed E-state index contributed by atoms with van der Waals surface area (Å²) in [5.74, 6) is 1.52. The fourth-order valence-electron chi connectivity index (χ4n) is 2.99. The van der Waals surface area contributed by atoms with Crippen molar-refractivity contribution in [2.45, 2.75) is 24.7 Å². The molecule has 1 saturated heterocycles. The van der Waals surface area contributed by atoms with E-state index in [9.17, 15) is 4.79 Å². The maximum atomic E-state index is 12.0. The van der Waals surface area contributed by atoms with Crippen LogP contribution >= 0.6 is 24.2 Å². The van der Waals surface area contributed by atoms with Crippen molar-refractivity contribution in [1.29, 1.82) is 0 Å². The van der Waals surface area contributed by atoms with Crippen LogP contribution < -0.4 is 0 Å². The van der Waals surface area contributed by atoms with Crippen LogP contribution in [0.2, 0.25) is 5.02 Å². The summed E-state index contributed by atoms with van der Waals surface area (Å²) in [5.41, 5.74) is 1.50. The van der Waals surface area contributed by atoms with Gasteiger partial charge in [0.2, 0.25) is 5.91 Å². The minimum absolute atomic E-state index is 0.186. The molecule has 4 heteroatoms. The van der Waals surface area contributed by atoms with Gasteiger partial charge < -0.3 is 4.90 Å². The number of amides is 1. The van der Waals surface area contributed by atoms with Gasteiger partial charge >= 0.3 is 0 Å². The number of nitrogens with zero attached hydrogens (tertiary/aromatic N) is 1. The van der Waals surface area contributed by atoms with Crippen molar-refractivity contribution in [3.05, 3.63) is 34.9 Å². The second kappa shape index (κ2) is 5.02. The van der Waals surface area contributed by atoms with E-state index in [4.69, 9.17) is 11.6 Å². The van der Waals surface area contributed by atoms with Crippen molar-refractivity contribution in [2.75, 3.05) is 18.8 Å². The second-order valence-electron chi connectivity index (χ2n) is 5.81. The summed E-state index contributed by atoms with van der Waals surface area (Å²) in [5, 5.41) is 0.770. The first kappa shape index (κ1) is 13.3. The summed E-state index contributed by atoms with van der Waals surface area (Å²) in [7, 11) is 0. The highest BCUT2D eigenvalue weighted by atomic mass is 35.5. The Morgan fingerprint density at radius 2 is 2.00 bits per heavy atom. The maximum Gasteiger partial charge on any atom is 0.222 e. The zero-order chi connectivity index (χ0) is 13.5. The number of carbonyl (C=O) groups is 1. The highest BCUT2D eigenvalue weighted by Gasteiger charge is 2.47. The topological polar surface area (TPSA) is 20.3 Å². The molecule has 19 heavy (non-hydrogen) atoms. The van der Waals surface area contributed by atoms with Crippen molar-refractivity contribution < 1.29 is 4.79 Å². The number of benzene rings is 1. The van der Waals surface area contributed by atoms with E-state index in [0.29, 0.717) is 18.2 Å². The lowest BCUT2D eigenvalue weighted by Crippen LogP contribution is -2.34. The average Bonchev–Trinajstić information content (AvgIpc) is 3.10. The molecule has 1 unspecified atom stereocenters. The Balaban J connectivity index is 1.72. The van der Waals surface area contributed by atoms with Crippen molar-refractivity contribution in [3.8, 4) is 0 Å². The summed E-state index contributed by atoms with van der Waals surface area (Å²) < 4.78 is 0. The SMILES string of the molecule is O=C1CC(CS)CN1CC1(c2ccc(Cl)cc2)CC1. The van der Waals surface area contributed by atoms with E-state index in [1.54, 1.807) is 0 Å². The molecule has 1 heterocycles. The van der Waals surface area contributed by atoms with Gasteiger partial charge in [0.05, 0.1) is 0 Å². The molecule has 0 aromatic heterocycles. The normalized spacial score (nSPS) is 24.8. The highest BCUT2D eigenvalue weighted by Crippen LogP contribution is 2.49. The van der Waals surface area contributed by atoms with Crippen LogP contribution in [0.4, 0.5) is 0 Å². The first-order valence-corrected chi connectivity index (χ1v) is 7.79. The van der Waals surface area contributed by atoms with E-state index >= 15 is 0 Å². The first-order chi connectivity index (χ1) is 9.13. The number of rotatable bonds is 4. The van der Waals surface area contributed by atoms with E-state index in [1.807, 2.05) is 17.0 Å². The third-order valence-corrected chi connectivity index (χ3v) is 5.12. The molecule has 2 aliphatic rings. The summed E-state index contributed by atoms with van der Waals surface area (Å²) in [4.78, 5) is 14.0. The Morgan fingerprint density at radius 1 is 1.32 bits per heavy atom. The molecule has 1 atom stereocenters. The molecule has 1 aliphatic carbocycles. The lowest BCUT2D eigenvalue weighted by atomic mass is 9.95. The van der Waals surface area contributed by atoms with Gasteiger partial charge in [-0.1, -0.05) is 23.7 Å². The van der Waals surface area contributed by atoms with Gasteiger partial charge in [-0.25, -0.2) is 0 Å². The predicted molar refractivity (Wildman–Crippen MR) is 80.9 cm³/mol. The first-order valence-electron chi connectivity index (χ1n) is 6.78.